The third kappa shape index (κ3) is 4.86. The molecular weight excluding hydrogens is 404 g/mol. The molecule has 3 aromatic rings. The number of aryl methyl sites for hydroxylation is 1. The van der Waals surface area contributed by atoms with Crippen LogP contribution in [0.2, 0.25) is 5.02 Å². The smallest absolute Gasteiger partial charge is 0.350 e. The third-order valence-electron chi connectivity index (χ3n) is 4.42. The van der Waals surface area contributed by atoms with Crippen molar-refractivity contribution in [3.05, 3.63) is 91.2 Å². The van der Waals surface area contributed by atoms with Gasteiger partial charge in [0.25, 0.3) is 11.5 Å². The van der Waals surface area contributed by atoms with Gasteiger partial charge in [0, 0.05) is 11.6 Å². The van der Waals surface area contributed by atoms with E-state index in [-0.39, 0.29) is 18.2 Å². The first-order valence-corrected chi connectivity index (χ1v) is 9.98. The van der Waals surface area contributed by atoms with Crippen molar-refractivity contribution < 1.29 is 4.79 Å². The molecule has 0 aliphatic carbocycles. The van der Waals surface area contributed by atoms with E-state index >= 15 is 0 Å². The second-order valence-electron chi connectivity index (χ2n) is 7.51. The van der Waals surface area contributed by atoms with E-state index in [1.54, 1.807) is 24.3 Å². The summed E-state index contributed by atoms with van der Waals surface area (Å²) in [6.07, 6.45) is 0. The molecular formula is C22H23ClN4O3. The number of carbonyl (C=O) groups excluding carboxylic acids is 1. The molecule has 0 aliphatic heterocycles. The number of nitrogens with one attached hydrogen (secondary N) is 1. The molecule has 0 fully saturated rings. The fourth-order valence-electron chi connectivity index (χ4n) is 2.95. The fraction of sp³-hybridized carbons (Fsp3) is 0.273. The van der Waals surface area contributed by atoms with Gasteiger partial charge < -0.3 is 5.32 Å². The Morgan fingerprint density at radius 3 is 2.53 bits per heavy atom. The van der Waals surface area contributed by atoms with Gasteiger partial charge in [-0.05, 0) is 36.6 Å². The molecule has 1 heterocycles. The number of amides is 1. The van der Waals surface area contributed by atoms with Gasteiger partial charge in [0.1, 0.15) is 0 Å². The molecule has 0 spiro atoms. The Labute approximate surface area is 178 Å². The molecule has 0 bridgehead atoms. The molecule has 30 heavy (non-hydrogen) atoms. The fourth-order valence-corrected chi connectivity index (χ4v) is 3.13. The molecule has 0 saturated heterocycles. The quantitative estimate of drug-likeness (QED) is 0.656. The lowest BCUT2D eigenvalue weighted by molar-refractivity contribution is 0.0939. The van der Waals surface area contributed by atoms with Gasteiger partial charge in [0.2, 0.25) is 5.69 Å². The third-order valence-corrected chi connectivity index (χ3v) is 4.66. The van der Waals surface area contributed by atoms with E-state index < -0.39 is 17.2 Å². The summed E-state index contributed by atoms with van der Waals surface area (Å²) < 4.78 is 2.06. The number of benzene rings is 2. The number of hydrogen-bond acceptors (Lipinski definition) is 4. The van der Waals surface area contributed by atoms with Gasteiger partial charge in [-0.2, -0.15) is 9.78 Å². The number of aromatic nitrogens is 3. The highest BCUT2D eigenvalue weighted by Gasteiger charge is 2.20. The minimum absolute atomic E-state index is 0.0207. The van der Waals surface area contributed by atoms with Crippen LogP contribution < -0.4 is 16.6 Å². The molecule has 2 aromatic carbocycles. The van der Waals surface area contributed by atoms with Crippen molar-refractivity contribution in [3.63, 3.8) is 0 Å². The van der Waals surface area contributed by atoms with Gasteiger partial charge in [0.15, 0.2) is 0 Å². The predicted octanol–water partition coefficient (Wildman–Crippen LogP) is 2.79. The molecule has 0 aliphatic rings. The summed E-state index contributed by atoms with van der Waals surface area (Å²) in [6, 6.07) is 14.0. The summed E-state index contributed by atoms with van der Waals surface area (Å²) >= 11 is 6.06. The van der Waals surface area contributed by atoms with E-state index in [2.05, 4.69) is 10.4 Å². The first kappa shape index (κ1) is 21.5. The zero-order valence-corrected chi connectivity index (χ0v) is 17.8. The maximum absolute atomic E-state index is 13.1. The van der Waals surface area contributed by atoms with Gasteiger partial charge in [-0.3, -0.25) is 14.2 Å². The van der Waals surface area contributed by atoms with Crippen molar-refractivity contribution in [2.45, 2.75) is 27.3 Å². The minimum Gasteiger partial charge on any atom is -0.350 e. The van der Waals surface area contributed by atoms with E-state index in [4.69, 9.17) is 11.6 Å². The second kappa shape index (κ2) is 9.09. The van der Waals surface area contributed by atoms with Crippen LogP contribution in [0.25, 0.3) is 5.69 Å². The summed E-state index contributed by atoms with van der Waals surface area (Å²) in [7, 11) is 0. The topological polar surface area (TPSA) is 86.0 Å². The molecule has 1 amide bonds. The van der Waals surface area contributed by atoms with Crippen LogP contribution in [-0.2, 0) is 6.54 Å². The van der Waals surface area contributed by atoms with Crippen molar-refractivity contribution in [2.24, 2.45) is 5.92 Å². The standard InChI is InChI=1S/C22H23ClN4O3/c1-14(2)12-24-20(28)19-21(29)26(13-16-7-4-6-15(3)10-16)22(30)27(25-19)18-9-5-8-17(23)11-18/h4-11,14H,12-13H2,1-3H3,(H,24,28). The highest BCUT2D eigenvalue weighted by molar-refractivity contribution is 6.30. The number of rotatable bonds is 6. The van der Waals surface area contributed by atoms with Gasteiger partial charge in [-0.15, -0.1) is 0 Å². The average molecular weight is 427 g/mol. The lowest BCUT2D eigenvalue weighted by atomic mass is 10.1. The zero-order valence-electron chi connectivity index (χ0n) is 17.1. The zero-order chi connectivity index (χ0) is 21.8. The van der Waals surface area contributed by atoms with Gasteiger partial charge in [-0.1, -0.05) is 61.3 Å². The van der Waals surface area contributed by atoms with Crippen molar-refractivity contribution in [3.8, 4) is 5.69 Å². The number of nitrogens with zero attached hydrogens (tertiary/aromatic N) is 3. The molecule has 0 radical (unpaired) electrons. The first-order chi connectivity index (χ1) is 14.3. The SMILES string of the molecule is Cc1cccc(Cn2c(=O)c(C(=O)NCC(C)C)nn(-c3cccc(Cl)c3)c2=O)c1. The van der Waals surface area contributed by atoms with Crippen molar-refractivity contribution in [1.82, 2.24) is 19.7 Å². The first-order valence-electron chi connectivity index (χ1n) is 9.60. The van der Waals surface area contributed by atoms with Crippen LogP contribution >= 0.6 is 11.6 Å². The summed E-state index contributed by atoms with van der Waals surface area (Å²) in [4.78, 5) is 38.8. The Balaban J connectivity index is 2.17. The molecule has 3 rings (SSSR count). The Morgan fingerprint density at radius 1 is 1.13 bits per heavy atom. The average Bonchev–Trinajstić information content (AvgIpc) is 2.69. The van der Waals surface area contributed by atoms with E-state index in [0.29, 0.717) is 17.3 Å². The minimum atomic E-state index is -0.735. The summed E-state index contributed by atoms with van der Waals surface area (Å²) in [6.45, 7) is 6.21. The van der Waals surface area contributed by atoms with Crippen LogP contribution in [0, 0.1) is 12.8 Å². The monoisotopic (exact) mass is 426 g/mol. The molecule has 1 aromatic heterocycles. The van der Waals surface area contributed by atoms with E-state index in [9.17, 15) is 14.4 Å². The number of carbonyl (C=O) groups is 1. The van der Waals surface area contributed by atoms with Crippen LogP contribution in [0.1, 0.15) is 35.5 Å². The molecule has 0 atom stereocenters. The van der Waals surface area contributed by atoms with Crippen LogP contribution in [0.4, 0.5) is 0 Å². The normalized spacial score (nSPS) is 11.0. The lowest BCUT2D eigenvalue weighted by Crippen LogP contribution is -2.46. The van der Waals surface area contributed by atoms with Crippen LogP contribution in [-0.4, -0.2) is 26.8 Å². The Hall–Kier alpha value is -3.19. The van der Waals surface area contributed by atoms with Gasteiger partial charge in [-0.25, -0.2) is 4.79 Å². The van der Waals surface area contributed by atoms with Crippen molar-refractivity contribution in [1.29, 1.82) is 0 Å². The number of halogens is 1. The highest BCUT2D eigenvalue weighted by atomic mass is 35.5. The van der Waals surface area contributed by atoms with Crippen LogP contribution in [0.5, 0.6) is 0 Å². The summed E-state index contributed by atoms with van der Waals surface area (Å²) in [5, 5.41) is 7.18. The van der Waals surface area contributed by atoms with E-state index in [1.807, 2.05) is 45.0 Å². The molecule has 1 N–H and O–H groups in total. The van der Waals surface area contributed by atoms with Crippen LogP contribution in [0.3, 0.4) is 0 Å². The summed E-state index contributed by atoms with van der Waals surface area (Å²) in [5.74, 6) is -0.426. The predicted molar refractivity (Wildman–Crippen MR) is 117 cm³/mol. The molecule has 0 unspecified atom stereocenters. The van der Waals surface area contributed by atoms with Crippen LogP contribution in [0.15, 0.2) is 58.1 Å². The van der Waals surface area contributed by atoms with Gasteiger partial charge >= 0.3 is 5.69 Å². The number of hydrogen-bond donors (Lipinski definition) is 1. The molecule has 7 nitrogen and oxygen atoms in total. The Morgan fingerprint density at radius 2 is 1.87 bits per heavy atom. The maximum atomic E-state index is 13.1. The Bertz CT molecular complexity index is 1200. The van der Waals surface area contributed by atoms with E-state index in [1.165, 1.54) is 0 Å². The molecule has 156 valence electrons. The van der Waals surface area contributed by atoms with Crippen molar-refractivity contribution in [2.75, 3.05) is 6.54 Å². The van der Waals surface area contributed by atoms with Crippen molar-refractivity contribution >= 4 is 17.5 Å². The largest absolute Gasteiger partial charge is 0.352 e. The maximum Gasteiger partial charge on any atom is 0.352 e. The summed E-state index contributed by atoms with van der Waals surface area (Å²) in [5.41, 5.74) is 0.405. The second-order valence-corrected chi connectivity index (χ2v) is 7.94. The Kier molecular flexibility index (Phi) is 6.52. The van der Waals surface area contributed by atoms with E-state index in [0.717, 1.165) is 20.4 Å². The molecule has 0 saturated carbocycles. The molecule has 8 heteroatoms. The lowest BCUT2D eigenvalue weighted by Gasteiger charge is -2.13. The highest BCUT2D eigenvalue weighted by Crippen LogP contribution is 2.12. The van der Waals surface area contributed by atoms with Gasteiger partial charge in [0.05, 0.1) is 12.2 Å².